The normalized spacial score (nSPS) is 10.2. The van der Waals surface area contributed by atoms with Gasteiger partial charge in [-0.15, -0.1) is 13.2 Å². The minimum absolute atomic E-state index is 0.164. The molecule has 0 atom stereocenters. The molecule has 0 fully saturated rings. The number of nitrogens with one attached hydrogen (secondary N) is 1. The molecule has 0 unspecified atom stereocenters. The Morgan fingerprint density at radius 3 is 1.95 bits per heavy atom. The molecule has 22 heavy (non-hydrogen) atoms. The molecule has 0 bridgehead atoms. The van der Waals surface area contributed by atoms with Crippen LogP contribution in [0.25, 0.3) is 0 Å². The van der Waals surface area contributed by atoms with E-state index in [1.807, 2.05) is 23.5 Å². The molecule has 2 aromatic carbocycles. The van der Waals surface area contributed by atoms with E-state index in [2.05, 4.69) is 23.8 Å². The molecule has 0 spiro atoms. The Morgan fingerprint density at radius 2 is 1.59 bits per heavy atom. The van der Waals surface area contributed by atoms with Crippen LogP contribution in [-0.2, 0) is 0 Å². The lowest BCUT2D eigenvalue weighted by Gasteiger charge is -2.08. The third-order valence-electron chi connectivity index (χ3n) is 2.28. The summed E-state index contributed by atoms with van der Waals surface area (Å²) in [5.74, 6) is -0.404. The first kappa shape index (κ1) is 17.4. The fraction of sp³-hybridized carbons (Fsp3) is 0.133. The first-order valence-electron chi connectivity index (χ1n) is 6.13. The largest absolute Gasteiger partial charge is 0.573 e. The maximum atomic E-state index is 11.7. The van der Waals surface area contributed by atoms with Gasteiger partial charge < -0.3 is 9.84 Å². The minimum atomic E-state index is -4.75. The van der Waals surface area contributed by atoms with Gasteiger partial charge in [0, 0.05) is 5.69 Å². The monoisotopic (exact) mass is 313 g/mol. The maximum Gasteiger partial charge on any atom is 0.573 e. The number of hydrogen-bond donors (Lipinski definition) is 2. The number of rotatable bonds is 2. The number of amides is 1. The van der Waals surface area contributed by atoms with E-state index in [1.54, 1.807) is 0 Å². The lowest BCUT2D eigenvalue weighted by molar-refractivity contribution is -0.274. The van der Waals surface area contributed by atoms with E-state index in [1.165, 1.54) is 5.56 Å². The highest BCUT2D eigenvalue weighted by Gasteiger charge is 2.30. The zero-order chi connectivity index (χ0) is 16.6. The first-order chi connectivity index (χ1) is 10.3. The molecule has 0 heterocycles. The number of benzene rings is 2. The van der Waals surface area contributed by atoms with Crippen molar-refractivity contribution in [3.63, 3.8) is 0 Å². The summed E-state index contributed by atoms with van der Waals surface area (Å²) in [5, 5.41) is 10.3. The first-order valence-corrected chi connectivity index (χ1v) is 6.13. The number of halogens is 3. The Morgan fingerprint density at radius 1 is 1.05 bits per heavy atom. The van der Waals surface area contributed by atoms with E-state index in [0.29, 0.717) is 0 Å². The molecule has 0 aliphatic rings. The molecule has 2 aromatic rings. The van der Waals surface area contributed by atoms with Crippen LogP contribution in [0.1, 0.15) is 5.56 Å². The molecule has 7 heteroatoms. The summed E-state index contributed by atoms with van der Waals surface area (Å²) in [7, 11) is 0. The topological polar surface area (TPSA) is 58.6 Å². The number of carbonyl (C=O) groups is 1. The molecular formula is C15H14F3NO3. The average molecular weight is 313 g/mol. The van der Waals surface area contributed by atoms with Gasteiger partial charge in [-0.25, -0.2) is 4.79 Å². The molecule has 0 aliphatic carbocycles. The summed E-state index contributed by atoms with van der Waals surface area (Å²) in [6.07, 6.45) is -6.04. The van der Waals surface area contributed by atoms with Crippen molar-refractivity contribution in [3.8, 4) is 5.75 Å². The molecule has 1 amide bonds. The minimum Gasteiger partial charge on any atom is -0.465 e. The van der Waals surface area contributed by atoms with Crippen molar-refractivity contribution in [3.05, 3.63) is 60.2 Å². The quantitative estimate of drug-likeness (QED) is 0.847. The van der Waals surface area contributed by atoms with Gasteiger partial charge in [-0.05, 0) is 31.2 Å². The number of hydrogen-bond acceptors (Lipinski definition) is 2. The number of alkyl halides is 3. The van der Waals surface area contributed by atoms with Crippen molar-refractivity contribution >= 4 is 11.8 Å². The molecule has 0 radical (unpaired) electrons. The lowest BCUT2D eigenvalue weighted by atomic mass is 10.2. The van der Waals surface area contributed by atoms with Gasteiger partial charge in [-0.3, -0.25) is 5.32 Å². The van der Waals surface area contributed by atoms with Crippen LogP contribution in [0.2, 0.25) is 0 Å². The Balaban J connectivity index is 0.000000287. The highest BCUT2D eigenvalue weighted by atomic mass is 19.4. The van der Waals surface area contributed by atoms with Crippen molar-refractivity contribution < 1.29 is 27.8 Å². The standard InChI is InChI=1S/C8H6F3NO3.C7H8/c9-8(10,11)15-6-3-1-5(2-4-6)12-7(13)14;1-7-5-3-2-4-6-7/h1-4,12H,(H,13,14);2-6H,1H3. The van der Waals surface area contributed by atoms with E-state index in [-0.39, 0.29) is 5.69 Å². The highest BCUT2D eigenvalue weighted by Crippen LogP contribution is 2.23. The zero-order valence-corrected chi connectivity index (χ0v) is 11.6. The predicted molar refractivity (Wildman–Crippen MR) is 76.0 cm³/mol. The summed E-state index contributed by atoms with van der Waals surface area (Å²) in [6, 6.07) is 14.6. The van der Waals surface area contributed by atoms with Crippen LogP contribution in [0.3, 0.4) is 0 Å². The third-order valence-corrected chi connectivity index (χ3v) is 2.28. The van der Waals surface area contributed by atoms with Gasteiger partial charge in [0.2, 0.25) is 0 Å². The molecule has 4 nitrogen and oxygen atoms in total. The van der Waals surface area contributed by atoms with Crippen LogP contribution in [0, 0.1) is 6.92 Å². The molecule has 2 N–H and O–H groups in total. The van der Waals surface area contributed by atoms with Gasteiger partial charge in [-0.1, -0.05) is 35.9 Å². The molecule has 0 aromatic heterocycles. The van der Waals surface area contributed by atoms with Gasteiger partial charge in [-0.2, -0.15) is 0 Å². The Labute approximate surface area is 125 Å². The molecular weight excluding hydrogens is 299 g/mol. The zero-order valence-electron chi connectivity index (χ0n) is 11.6. The summed E-state index contributed by atoms with van der Waals surface area (Å²) >= 11 is 0. The van der Waals surface area contributed by atoms with Crippen molar-refractivity contribution in [1.29, 1.82) is 0 Å². The molecule has 0 saturated heterocycles. The Hall–Kier alpha value is -2.70. The average Bonchev–Trinajstić information content (AvgIpc) is 2.40. The summed E-state index contributed by atoms with van der Waals surface area (Å²) in [6.45, 7) is 2.08. The number of anilines is 1. The summed E-state index contributed by atoms with van der Waals surface area (Å²) in [5.41, 5.74) is 1.49. The molecule has 0 saturated carbocycles. The van der Waals surface area contributed by atoms with Crippen LogP contribution < -0.4 is 10.1 Å². The smallest absolute Gasteiger partial charge is 0.465 e. The molecule has 2 rings (SSSR count). The highest BCUT2D eigenvalue weighted by molar-refractivity contribution is 5.82. The second kappa shape index (κ2) is 7.92. The second-order valence-corrected chi connectivity index (χ2v) is 4.16. The van der Waals surface area contributed by atoms with E-state index < -0.39 is 18.2 Å². The fourth-order valence-corrected chi connectivity index (χ4v) is 1.40. The van der Waals surface area contributed by atoms with Crippen molar-refractivity contribution in [2.75, 3.05) is 5.32 Å². The SMILES string of the molecule is Cc1ccccc1.O=C(O)Nc1ccc(OC(F)(F)F)cc1. The fourth-order valence-electron chi connectivity index (χ4n) is 1.40. The van der Waals surface area contributed by atoms with E-state index in [0.717, 1.165) is 24.3 Å². The van der Waals surface area contributed by atoms with Crippen LogP contribution in [0.15, 0.2) is 54.6 Å². The Bertz CT molecular complexity index is 583. The van der Waals surface area contributed by atoms with Crippen molar-refractivity contribution in [1.82, 2.24) is 0 Å². The van der Waals surface area contributed by atoms with Crippen LogP contribution in [-0.4, -0.2) is 17.6 Å². The maximum absolute atomic E-state index is 11.7. The van der Waals surface area contributed by atoms with Gasteiger partial charge >= 0.3 is 12.5 Å². The van der Waals surface area contributed by atoms with E-state index >= 15 is 0 Å². The van der Waals surface area contributed by atoms with Gasteiger partial charge in [0.1, 0.15) is 5.75 Å². The van der Waals surface area contributed by atoms with Crippen LogP contribution in [0.5, 0.6) is 5.75 Å². The Kier molecular flexibility index (Phi) is 6.25. The molecule has 118 valence electrons. The van der Waals surface area contributed by atoms with Gasteiger partial charge in [0.15, 0.2) is 0 Å². The summed E-state index contributed by atoms with van der Waals surface area (Å²) in [4.78, 5) is 10.2. The predicted octanol–water partition coefficient (Wildman–Crippen LogP) is 4.67. The summed E-state index contributed by atoms with van der Waals surface area (Å²) < 4.78 is 38.7. The number of aryl methyl sites for hydroxylation is 1. The number of ether oxygens (including phenoxy) is 1. The third kappa shape index (κ3) is 7.78. The number of carboxylic acid groups (broad SMARTS) is 1. The second-order valence-electron chi connectivity index (χ2n) is 4.16. The van der Waals surface area contributed by atoms with Crippen LogP contribution in [0.4, 0.5) is 23.7 Å². The van der Waals surface area contributed by atoms with Gasteiger partial charge in [0.05, 0.1) is 0 Å². The lowest BCUT2D eigenvalue weighted by Crippen LogP contribution is -2.17. The van der Waals surface area contributed by atoms with Gasteiger partial charge in [0.25, 0.3) is 0 Å². The van der Waals surface area contributed by atoms with Crippen LogP contribution >= 0.6 is 0 Å². The van der Waals surface area contributed by atoms with Crippen molar-refractivity contribution in [2.24, 2.45) is 0 Å². The van der Waals surface area contributed by atoms with E-state index in [9.17, 15) is 18.0 Å². The van der Waals surface area contributed by atoms with E-state index in [4.69, 9.17) is 5.11 Å². The molecule has 0 aliphatic heterocycles. The van der Waals surface area contributed by atoms with Crippen molar-refractivity contribution in [2.45, 2.75) is 13.3 Å².